The van der Waals surface area contributed by atoms with Gasteiger partial charge in [0.25, 0.3) is 0 Å². The van der Waals surface area contributed by atoms with E-state index in [-0.39, 0.29) is 17.3 Å². The molecule has 3 rings (SSSR count). The molecule has 0 atom stereocenters. The Labute approximate surface area is 140 Å². The summed E-state index contributed by atoms with van der Waals surface area (Å²) in [6.45, 7) is 0.646. The normalized spacial score (nSPS) is 11.5. The molecule has 0 unspecified atom stereocenters. The van der Waals surface area contributed by atoms with Crippen LogP contribution in [0.1, 0.15) is 11.3 Å². The zero-order valence-corrected chi connectivity index (χ0v) is 13.7. The second-order valence-electron chi connectivity index (χ2n) is 5.39. The van der Waals surface area contributed by atoms with E-state index in [1.165, 1.54) is 12.1 Å². The van der Waals surface area contributed by atoms with E-state index in [2.05, 4.69) is 4.72 Å². The van der Waals surface area contributed by atoms with Crippen LogP contribution >= 0.6 is 0 Å². The Kier molecular flexibility index (Phi) is 4.78. The first-order valence-electron chi connectivity index (χ1n) is 7.48. The summed E-state index contributed by atoms with van der Waals surface area (Å²) in [5.41, 5.74) is 1.62. The maximum atomic E-state index is 13.3. The lowest BCUT2D eigenvalue weighted by atomic mass is 10.2. The van der Waals surface area contributed by atoms with Crippen LogP contribution in [-0.4, -0.2) is 13.0 Å². The van der Waals surface area contributed by atoms with Gasteiger partial charge in [-0.05, 0) is 42.0 Å². The zero-order chi connectivity index (χ0) is 17.0. The number of rotatable bonds is 6. The van der Waals surface area contributed by atoms with Gasteiger partial charge in [-0.15, -0.1) is 0 Å². The average Bonchev–Trinajstić information content (AvgIpc) is 3.01. The molecule has 1 heterocycles. The van der Waals surface area contributed by atoms with E-state index in [0.717, 1.165) is 11.3 Å². The van der Waals surface area contributed by atoms with Gasteiger partial charge in [0.05, 0.1) is 11.4 Å². The van der Waals surface area contributed by atoms with Gasteiger partial charge in [0.1, 0.15) is 5.82 Å². The summed E-state index contributed by atoms with van der Waals surface area (Å²) in [5.74, 6) is -0.286. The Hall–Kier alpha value is -2.44. The molecule has 4 nitrogen and oxygen atoms in total. The smallest absolute Gasteiger partial charge is 0.240 e. The highest BCUT2D eigenvalue weighted by Crippen LogP contribution is 2.12. The summed E-state index contributed by atoms with van der Waals surface area (Å²) in [4.78, 5) is 0.230. The summed E-state index contributed by atoms with van der Waals surface area (Å²) in [6.07, 6.45) is 1.84. The molecule has 1 aromatic heterocycles. The molecule has 1 N–H and O–H groups in total. The first-order valence-corrected chi connectivity index (χ1v) is 8.96. The van der Waals surface area contributed by atoms with Crippen LogP contribution in [0.15, 0.2) is 77.8 Å². The van der Waals surface area contributed by atoms with Crippen molar-refractivity contribution in [3.8, 4) is 0 Å². The van der Waals surface area contributed by atoms with Gasteiger partial charge in [0, 0.05) is 18.4 Å². The van der Waals surface area contributed by atoms with Gasteiger partial charge in [0.2, 0.25) is 10.0 Å². The molecule has 0 saturated heterocycles. The standard InChI is InChI=1S/C18H17FN2O2S/c19-16-7-4-6-15(12-16)14-21-11-5-8-17(21)13-20-24(22,23)18-9-2-1-3-10-18/h1-12,20H,13-14H2. The highest BCUT2D eigenvalue weighted by Gasteiger charge is 2.13. The van der Waals surface area contributed by atoms with Gasteiger partial charge in [-0.3, -0.25) is 0 Å². The third-order valence-corrected chi connectivity index (χ3v) is 5.08. The van der Waals surface area contributed by atoms with E-state index in [4.69, 9.17) is 0 Å². The maximum Gasteiger partial charge on any atom is 0.240 e. The lowest BCUT2D eigenvalue weighted by Crippen LogP contribution is -2.24. The molecule has 0 fully saturated rings. The zero-order valence-electron chi connectivity index (χ0n) is 12.9. The molecule has 124 valence electrons. The molecular formula is C18H17FN2O2S. The molecule has 6 heteroatoms. The van der Waals surface area contributed by atoms with Crippen molar-refractivity contribution in [1.29, 1.82) is 0 Å². The number of halogens is 1. The van der Waals surface area contributed by atoms with Gasteiger partial charge in [-0.25, -0.2) is 17.5 Å². The van der Waals surface area contributed by atoms with Crippen LogP contribution in [0.2, 0.25) is 0 Å². The molecule has 0 spiro atoms. The fourth-order valence-corrected chi connectivity index (χ4v) is 3.47. The Morgan fingerprint density at radius 1 is 0.958 bits per heavy atom. The predicted molar refractivity (Wildman–Crippen MR) is 90.4 cm³/mol. The number of sulfonamides is 1. The monoisotopic (exact) mass is 344 g/mol. The van der Waals surface area contributed by atoms with Crippen LogP contribution in [-0.2, 0) is 23.1 Å². The topological polar surface area (TPSA) is 51.1 Å². The maximum absolute atomic E-state index is 13.3. The second-order valence-corrected chi connectivity index (χ2v) is 7.16. The van der Waals surface area contributed by atoms with Crippen molar-refractivity contribution in [2.75, 3.05) is 0 Å². The van der Waals surface area contributed by atoms with Gasteiger partial charge in [-0.2, -0.15) is 0 Å². The van der Waals surface area contributed by atoms with Crippen LogP contribution in [0.5, 0.6) is 0 Å². The summed E-state index contributed by atoms with van der Waals surface area (Å²) in [6, 6.07) is 18.3. The van der Waals surface area contributed by atoms with E-state index < -0.39 is 10.0 Å². The number of nitrogens with zero attached hydrogens (tertiary/aromatic N) is 1. The van der Waals surface area contributed by atoms with Crippen molar-refractivity contribution in [3.05, 3.63) is 90.0 Å². The molecule has 0 radical (unpaired) electrons. The third kappa shape index (κ3) is 3.90. The molecular weight excluding hydrogens is 327 g/mol. The first-order chi connectivity index (χ1) is 11.5. The summed E-state index contributed by atoms with van der Waals surface area (Å²) in [5, 5.41) is 0. The molecule has 3 aromatic rings. The van der Waals surface area contributed by atoms with Crippen molar-refractivity contribution in [3.63, 3.8) is 0 Å². The Morgan fingerprint density at radius 3 is 2.50 bits per heavy atom. The summed E-state index contributed by atoms with van der Waals surface area (Å²) in [7, 11) is -3.56. The van der Waals surface area contributed by atoms with Gasteiger partial charge in [0.15, 0.2) is 0 Å². The predicted octanol–water partition coefficient (Wildman–Crippen LogP) is 3.15. The number of hydrogen-bond donors (Lipinski definition) is 1. The van der Waals surface area contributed by atoms with E-state index >= 15 is 0 Å². The number of hydrogen-bond acceptors (Lipinski definition) is 2. The van der Waals surface area contributed by atoms with Crippen molar-refractivity contribution in [2.45, 2.75) is 18.0 Å². The number of benzene rings is 2. The Balaban J connectivity index is 1.72. The highest BCUT2D eigenvalue weighted by molar-refractivity contribution is 7.89. The molecule has 0 aliphatic heterocycles. The lowest BCUT2D eigenvalue weighted by molar-refractivity contribution is 0.578. The second kappa shape index (κ2) is 6.98. The molecule has 0 aliphatic carbocycles. The quantitative estimate of drug-likeness (QED) is 0.747. The molecule has 2 aromatic carbocycles. The molecule has 0 aliphatic rings. The average molecular weight is 344 g/mol. The molecule has 24 heavy (non-hydrogen) atoms. The van der Waals surface area contributed by atoms with Crippen LogP contribution in [0, 0.1) is 5.82 Å². The van der Waals surface area contributed by atoms with Gasteiger partial charge < -0.3 is 4.57 Å². The van der Waals surface area contributed by atoms with Crippen LogP contribution in [0.3, 0.4) is 0 Å². The van der Waals surface area contributed by atoms with E-state index in [1.807, 2.05) is 29.0 Å². The van der Waals surface area contributed by atoms with E-state index in [0.29, 0.717) is 6.54 Å². The fourth-order valence-electron chi connectivity index (χ4n) is 2.45. The lowest BCUT2D eigenvalue weighted by Gasteiger charge is -2.11. The SMILES string of the molecule is O=S(=O)(NCc1cccn1Cc1cccc(F)c1)c1ccccc1. The summed E-state index contributed by atoms with van der Waals surface area (Å²) < 4.78 is 42.3. The Bertz CT molecular complexity index is 921. The van der Waals surface area contributed by atoms with Crippen molar-refractivity contribution < 1.29 is 12.8 Å². The van der Waals surface area contributed by atoms with Crippen LogP contribution < -0.4 is 4.72 Å². The van der Waals surface area contributed by atoms with Crippen LogP contribution in [0.4, 0.5) is 4.39 Å². The van der Waals surface area contributed by atoms with Gasteiger partial charge >= 0.3 is 0 Å². The largest absolute Gasteiger partial charge is 0.346 e. The van der Waals surface area contributed by atoms with Crippen LogP contribution in [0.25, 0.3) is 0 Å². The first kappa shape index (κ1) is 16.4. The highest BCUT2D eigenvalue weighted by atomic mass is 32.2. The minimum atomic E-state index is -3.56. The third-order valence-electron chi connectivity index (χ3n) is 3.66. The van der Waals surface area contributed by atoms with E-state index in [9.17, 15) is 12.8 Å². The molecule has 0 saturated carbocycles. The molecule has 0 bridgehead atoms. The van der Waals surface area contributed by atoms with Gasteiger partial charge in [-0.1, -0.05) is 30.3 Å². The summed E-state index contributed by atoms with van der Waals surface area (Å²) >= 11 is 0. The molecule has 0 amide bonds. The fraction of sp³-hybridized carbons (Fsp3) is 0.111. The number of nitrogens with one attached hydrogen (secondary N) is 1. The van der Waals surface area contributed by atoms with Crippen molar-refractivity contribution >= 4 is 10.0 Å². The Morgan fingerprint density at radius 2 is 1.75 bits per heavy atom. The van der Waals surface area contributed by atoms with Crippen molar-refractivity contribution in [2.24, 2.45) is 0 Å². The minimum absolute atomic E-state index is 0.166. The van der Waals surface area contributed by atoms with Crippen molar-refractivity contribution in [1.82, 2.24) is 9.29 Å². The van der Waals surface area contributed by atoms with E-state index in [1.54, 1.807) is 36.4 Å². The number of aromatic nitrogens is 1. The minimum Gasteiger partial charge on any atom is -0.346 e.